The summed E-state index contributed by atoms with van der Waals surface area (Å²) in [5, 5.41) is 10.1. The van der Waals surface area contributed by atoms with Crippen molar-refractivity contribution >= 4 is 0 Å². The maximum absolute atomic E-state index is 10.1. The molecule has 1 atom stereocenters. The van der Waals surface area contributed by atoms with Crippen molar-refractivity contribution in [3.8, 4) is 0 Å². The van der Waals surface area contributed by atoms with E-state index in [0.29, 0.717) is 5.69 Å². The molecule has 0 aliphatic heterocycles. The molecule has 0 aliphatic carbocycles. The van der Waals surface area contributed by atoms with Gasteiger partial charge < -0.3 is 5.11 Å². The van der Waals surface area contributed by atoms with Gasteiger partial charge in [-0.2, -0.15) is 0 Å². The molecule has 0 saturated heterocycles. The molecule has 0 bridgehead atoms. The van der Waals surface area contributed by atoms with Gasteiger partial charge in [0.05, 0.1) is 17.6 Å². The van der Waals surface area contributed by atoms with Gasteiger partial charge in [0.15, 0.2) is 0 Å². The van der Waals surface area contributed by atoms with Crippen molar-refractivity contribution in [3.05, 3.63) is 53.4 Å². The van der Waals surface area contributed by atoms with E-state index < -0.39 is 6.10 Å². The van der Waals surface area contributed by atoms with Crippen LogP contribution in [0.5, 0.6) is 0 Å². The molecule has 82 valence electrons. The highest BCUT2D eigenvalue weighted by Gasteiger charge is 2.14. The van der Waals surface area contributed by atoms with Gasteiger partial charge in [0, 0.05) is 24.2 Å². The molecule has 1 N–H and O–H groups in total. The van der Waals surface area contributed by atoms with E-state index >= 15 is 0 Å². The van der Waals surface area contributed by atoms with Gasteiger partial charge in [0.2, 0.25) is 0 Å². The number of aryl methyl sites for hydroxylation is 2. The van der Waals surface area contributed by atoms with Crippen molar-refractivity contribution in [1.82, 2.24) is 15.0 Å². The smallest absolute Gasteiger partial charge is 0.124 e. The number of hydrogen-bond acceptors (Lipinski definition) is 4. The van der Waals surface area contributed by atoms with Crippen LogP contribution in [0.15, 0.2) is 30.9 Å². The van der Waals surface area contributed by atoms with Crippen molar-refractivity contribution in [2.45, 2.75) is 20.0 Å². The van der Waals surface area contributed by atoms with Crippen LogP contribution >= 0.6 is 0 Å². The Morgan fingerprint density at radius 3 is 2.56 bits per heavy atom. The molecular weight excluding hydrogens is 202 g/mol. The summed E-state index contributed by atoms with van der Waals surface area (Å²) in [6.07, 6.45) is 5.83. The Morgan fingerprint density at radius 1 is 1.12 bits per heavy atom. The maximum Gasteiger partial charge on any atom is 0.124 e. The molecule has 2 aromatic rings. The average Bonchev–Trinajstić information content (AvgIpc) is 2.30. The number of nitrogens with zero attached hydrogens (tertiary/aromatic N) is 3. The molecule has 0 fully saturated rings. The highest BCUT2D eigenvalue weighted by Crippen LogP contribution is 2.21. The Labute approximate surface area is 94.0 Å². The first kappa shape index (κ1) is 10.7. The Kier molecular flexibility index (Phi) is 2.92. The number of aliphatic hydroxyl groups is 1. The van der Waals surface area contributed by atoms with E-state index in [9.17, 15) is 5.11 Å². The first-order valence-electron chi connectivity index (χ1n) is 5.05. The number of rotatable bonds is 2. The number of aromatic nitrogens is 3. The summed E-state index contributed by atoms with van der Waals surface area (Å²) in [4.78, 5) is 12.3. The van der Waals surface area contributed by atoms with Gasteiger partial charge in [0.1, 0.15) is 6.10 Å². The molecule has 0 saturated carbocycles. The van der Waals surface area contributed by atoms with Gasteiger partial charge >= 0.3 is 0 Å². The molecule has 2 aromatic heterocycles. The van der Waals surface area contributed by atoms with Crippen LogP contribution in [0, 0.1) is 13.8 Å². The molecule has 2 rings (SSSR count). The van der Waals surface area contributed by atoms with E-state index in [1.165, 1.54) is 0 Å². The Balaban J connectivity index is 2.35. The van der Waals surface area contributed by atoms with Crippen molar-refractivity contribution < 1.29 is 5.11 Å². The van der Waals surface area contributed by atoms with Crippen LogP contribution < -0.4 is 0 Å². The molecule has 0 spiro atoms. The number of pyridine rings is 1. The number of aliphatic hydroxyl groups excluding tert-OH is 1. The average molecular weight is 215 g/mol. The molecule has 16 heavy (non-hydrogen) atoms. The summed E-state index contributed by atoms with van der Waals surface area (Å²) in [7, 11) is 0. The quantitative estimate of drug-likeness (QED) is 0.826. The SMILES string of the molecule is Cc1cnc(C(O)c2cnccc2C)cn1. The lowest BCUT2D eigenvalue weighted by Gasteiger charge is -2.11. The van der Waals surface area contributed by atoms with E-state index in [-0.39, 0.29) is 0 Å². The van der Waals surface area contributed by atoms with E-state index in [1.807, 2.05) is 19.9 Å². The van der Waals surface area contributed by atoms with Crippen molar-refractivity contribution in [1.29, 1.82) is 0 Å². The van der Waals surface area contributed by atoms with Crippen LogP contribution in [0.2, 0.25) is 0 Å². The third-order valence-corrected chi connectivity index (χ3v) is 2.46. The Hall–Kier alpha value is -1.81. The Bertz CT molecular complexity index is 482. The summed E-state index contributed by atoms with van der Waals surface area (Å²) >= 11 is 0. The topological polar surface area (TPSA) is 58.9 Å². The summed E-state index contributed by atoms with van der Waals surface area (Å²) in [6, 6.07) is 1.86. The molecule has 0 amide bonds. The van der Waals surface area contributed by atoms with E-state index in [0.717, 1.165) is 16.8 Å². The predicted molar refractivity (Wildman–Crippen MR) is 59.8 cm³/mol. The third-order valence-electron chi connectivity index (χ3n) is 2.46. The molecule has 2 heterocycles. The zero-order valence-corrected chi connectivity index (χ0v) is 9.25. The lowest BCUT2D eigenvalue weighted by atomic mass is 10.0. The molecule has 0 aliphatic rings. The maximum atomic E-state index is 10.1. The van der Waals surface area contributed by atoms with Crippen LogP contribution in [0.4, 0.5) is 0 Å². The highest BCUT2D eigenvalue weighted by molar-refractivity contribution is 5.29. The standard InChI is InChI=1S/C12H13N3O/c1-8-3-4-13-6-10(8)12(16)11-7-14-9(2)5-15-11/h3-7,12,16H,1-2H3. The van der Waals surface area contributed by atoms with Crippen molar-refractivity contribution in [2.75, 3.05) is 0 Å². The molecule has 0 aromatic carbocycles. The fourth-order valence-corrected chi connectivity index (χ4v) is 1.47. The fraction of sp³-hybridized carbons (Fsp3) is 0.250. The van der Waals surface area contributed by atoms with Gasteiger partial charge in [0.25, 0.3) is 0 Å². The zero-order chi connectivity index (χ0) is 11.5. The minimum absolute atomic E-state index is 0.543. The second-order valence-electron chi connectivity index (χ2n) is 3.72. The van der Waals surface area contributed by atoms with Gasteiger partial charge in [-0.25, -0.2) is 0 Å². The molecular formula is C12H13N3O. The van der Waals surface area contributed by atoms with Crippen LogP contribution in [0.1, 0.15) is 28.6 Å². The summed E-state index contributed by atoms with van der Waals surface area (Å²) in [5.41, 5.74) is 3.13. The van der Waals surface area contributed by atoms with Crippen molar-refractivity contribution in [3.63, 3.8) is 0 Å². The lowest BCUT2D eigenvalue weighted by molar-refractivity contribution is 0.213. The predicted octanol–water partition coefficient (Wildman–Crippen LogP) is 1.57. The third kappa shape index (κ3) is 2.06. The van der Waals surface area contributed by atoms with E-state index in [1.54, 1.807) is 24.8 Å². The molecule has 4 nitrogen and oxygen atoms in total. The minimum Gasteiger partial charge on any atom is -0.382 e. The van der Waals surface area contributed by atoms with Crippen LogP contribution in [0.25, 0.3) is 0 Å². The van der Waals surface area contributed by atoms with Crippen LogP contribution in [-0.4, -0.2) is 20.1 Å². The second kappa shape index (κ2) is 4.37. The number of hydrogen-bond donors (Lipinski definition) is 1. The first-order chi connectivity index (χ1) is 7.68. The largest absolute Gasteiger partial charge is 0.382 e. The molecule has 4 heteroatoms. The Morgan fingerprint density at radius 2 is 1.94 bits per heavy atom. The first-order valence-corrected chi connectivity index (χ1v) is 5.05. The van der Waals surface area contributed by atoms with Gasteiger partial charge in [-0.1, -0.05) is 0 Å². The second-order valence-corrected chi connectivity index (χ2v) is 3.72. The summed E-state index contributed by atoms with van der Waals surface area (Å²) < 4.78 is 0. The zero-order valence-electron chi connectivity index (χ0n) is 9.25. The normalized spacial score (nSPS) is 12.4. The summed E-state index contributed by atoms with van der Waals surface area (Å²) in [6.45, 7) is 3.79. The van der Waals surface area contributed by atoms with Gasteiger partial charge in [-0.05, 0) is 25.5 Å². The van der Waals surface area contributed by atoms with Crippen LogP contribution in [0.3, 0.4) is 0 Å². The highest BCUT2D eigenvalue weighted by atomic mass is 16.3. The minimum atomic E-state index is -0.762. The fourth-order valence-electron chi connectivity index (χ4n) is 1.47. The monoisotopic (exact) mass is 215 g/mol. The van der Waals surface area contributed by atoms with Crippen LogP contribution in [-0.2, 0) is 0 Å². The van der Waals surface area contributed by atoms with Crippen molar-refractivity contribution in [2.24, 2.45) is 0 Å². The molecule has 1 unspecified atom stereocenters. The molecule has 0 radical (unpaired) electrons. The van der Waals surface area contributed by atoms with E-state index in [2.05, 4.69) is 15.0 Å². The van der Waals surface area contributed by atoms with Gasteiger partial charge in [-0.15, -0.1) is 0 Å². The van der Waals surface area contributed by atoms with E-state index in [4.69, 9.17) is 0 Å². The summed E-state index contributed by atoms with van der Waals surface area (Å²) in [5.74, 6) is 0. The lowest BCUT2D eigenvalue weighted by Crippen LogP contribution is -2.05. The van der Waals surface area contributed by atoms with Gasteiger partial charge in [-0.3, -0.25) is 15.0 Å².